The first-order valence-electron chi connectivity index (χ1n) is 5.64. The van der Waals surface area contributed by atoms with Gasteiger partial charge in [0.15, 0.2) is 0 Å². The van der Waals surface area contributed by atoms with Gasteiger partial charge in [0.1, 0.15) is 4.90 Å². The summed E-state index contributed by atoms with van der Waals surface area (Å²) >= 11 is 11.8. The van der Waals surface area contributed by atoms with Gasteiger partial charge in [0.2, 0.25) is 10.0 Å². The van der Waals surface area contributed by atoms with Gasteiger partial charge in [-0.15, -0.1) is 0 Å². The molecule has 1 atom stereocenters. The molecule has 0 bridgehead atoms. The van der Waals surface area contributed by atoms with Crippen LogP contribution in [0.3, 0.4) is 0 Å². The highest BCUT2D eigenvalue weighted by atomic mass is 35.5. The Morgan fingerprint density at radius 1 is 1.42 bits per heavy atom. The van der Waals surface area contributed by atoms with Crippen LogP contribution in [0.1, 0.15) is 6.42 Å². The monoisotopic (exact) mass is 324 g/mol. The zero-order valence-electron chi connectivity index (χ0n) is 10.3. The lowest BCUT2D eigenvalue weighted by Crippen LogP contribution is -2.30. The molecule has 0 spiro atoms. The minimum atomic E-state index is -3.67. The number of methoxy groups -OCH3 is 1. The molecule has 19 heavy (non-hydrogen) atoms. The Labute approximate surface area is 122 Å². The SMILES string of the molecule is COC1CCN(S(=O)(=O)c2ccc(Cl)c(N)c2Cl)C1. The van der Waals surface area contributed by atoms with Gasteiger partial charge < -0.3 is 10.5 Å². The number of anilines is 1. The Hall–Kier alpha value is -0.530. The Morgan fingerprint density at radius 3 is 2.68 bits per heavy atom. The second kappa shape index (κ2) is 5.46. The van der Waals surface area contributed by atoms with Gasteiger partial charge in [-0.2, -0.15) is 4.31 Å². The summed E-state index contributed by atoms with van der Waals surface area (Å²) in [4.78, 5) is -0.0205. The molecule has 1 saturated heterocycles. The highest BCUT2D eigenvalue weighted by Gasteiger charge is 2.34. The zero-order valence-corrected chi connectivity index (χ0v) is 12.6. The topological polar surface area (TPSA) is 72.6 Å². The van der Waals surface area contributed by atoms with Crippen molar-refractivity contribution >= 4 is 38.9 Å². The maximum atomic E-state index is 12.5. The molecule has 1 unspecified atom stereocenters. The maximum Gasteiger partial charge on any atom is 0.244 e. The maximum absolute atomic E-state index is 12.5. The molecule has 1 aliphatic rings. The minimum Gasteiger partial charge on any atom is -0.396 e. The van der Waals surface area contributed by atoms with E-state index in [0.717, 1.165) is 0 Å². The van der Waals surface area contributed by atoms with E-state index in [9.17, 15) is 8.42 Å². The van der Waals surface area contributed by atoms with Crippen LogP contribution in [0.25, 0.3) is 0 Å². The fourth-order valence-corrected chi connectivity index (χ4v) is 4.22. The lowest BCUT2D eigenvalue weighted by Gasteiger charge is -2.18. The molecular weight excluding hydrogens is 311 g/mol. The van der Waals surface area contributed by atoms with Crippen LogP contribution in [0, 0.1) is 0 Å². The van der Waals surface area contributed by atoms with Gasteiger partial charge in [-0.3, -0.25) is 0 Å². The van der Waals surface area contributed by atoms with Crippen molar-refractivity contribution in [2.75, 3.05) is 25.9 Å². The number of nitrogen functional groups attached to an aromatic ring is 1. The molecule has 1 aromatic carbocycles. The number of hydrogen-bond donors (Lipinski definition) is 1. The molecule has 0 aromatic heterocycles. The van der Waals surface area contributed by atoms with Gasteiger partial charge in [-0.25, -0.2) is 8.42 Å². The third kappa shape index (κ3) is 2.68. The average molecular weight is 325 g/mol. The van der Waals surface area contributed by atoms with Crippen LogP contribution < -0.4 is 5.73 Å². The number of hydrogen-bond acceptors (Lipinski definition) is 4. The van der Waals surface area contributed by atoms with Gasteiger partial charge in [0.05, 0.1) is 21.8 Å². The molecular formula is C11H14Cl2N2O3S. The largest absolute Gasteiger partial charge is 0.396 e. The van der Waals surface area contributed by atoms with Gasteiger partial charge >= 0.3 is 0 Å². The van der Waals surface area contributed by atoms with Crippen molar-refractivity contribution in [3.63, 3.8) is 0 Å². The van der Waals surface area contributed by atoms with Crippen molar-refractivity contribution < 1.29 is 13.2 Å². The van der Waals surface area contributed by atoms with E-state index in [1.807, 2.05) is 0 Å². The molecule has 2 N–H and O–H groups in total. The summed E-state index contributed by atoms with van der Waals surface area (Å²) in [6.07, 6.45) is 0.578. The second-order valence-electron chi connectivity index (χ2n) is 4.28. The third-order valence-electron chi connectivity index (χ3n) is 3.15. The lowest BCUT2D eigenvalue weighted by atomic mass is 10.3. The summed E-state index contributed by atoms with van der Waals surface area (Å²) in [6.45, 7) is 0.720. The van der Waals surface area contributed by atoms with Crippen molar-refractivity contribution in [3.05, 3.63) is 22.2 Å². The smallest absolute Gasteiger partial charge is 0.244 e. The van der Waals surface area contributed by atoms with Crippen LogP contribution in [0.2, 0.25) is 10.0 Å². The molecule has 0 amide bonds. The molecule has 0 radical (unpaired) electrons. The predicted molar refractivity (Wildman–Crippen MR) is 75.0 cm³/mol. The van der Waals surface area contributed by atoms with Crippen LogP contribution in [-0.4, -0.2) is 39.0 Å². The summed E-state index contributed by atoms with van der Waals surface area (Å²) < 4.78 is 31.4. The predicted octanol–water partition coefficient (Wildman–Crippen LogP) is 1.99. The number of nitrogens with two attached hydrogens (primary N) is 1. The highest BCUT2D eigenvalue weighted by molar-refractivity contribution is 7.89. The van der Waals surface area contributed by atoms with E-state index in [1.54, 1.807) is 7.11 Å². The van der Waals surface area contributed by atoms with Gasteiger partial charge in [-0.05, 0) is 18.6 Å². The Morgan fingerprint density at radius 2 is 2.11 bits per heavy atom. The van der Waals surface area contributed by atoms with E-state index in [0.29, 0.717) is 19.5 Å². The molecule has 106 valence electrons. The number of rotatable bonds is 3. The van der Waals surface area contributed by atoms with E-state index >= 15 is 0 Å². The first-order chi connectivity index (χ1) is 8.87. The number of sulfonamides is 1. The zero-order chi connectivity index (χ0) is 14.2. The van der Waals surface area contributed by atoms with Crippen LogP contribution in [0.5, 0.6) is 0 Å². The molecule has 1 aromatic rings. The first-order valence-corrected chi connectivity index (χ1v) is 7.84. The number of benzene rings is 1. The quantitative estimate of drug-likeness (QED) is 0.863. The van der Waals surface area contributed by atoms with Crippen molar-refractivity contribution in [2.45, 2.75) is 17.4 Å². The molecule has 1 heterocycles. The van der Waals surface area contributed by atoms with Crippen molar-refractivity contribution in [1.29, 1.82) is 0 Å². The fourth-order valence-electron chi connectivity index (χ4n) is 2.00. The standard InChI is InChI=1S/C11H14Cl2N2O3S/c1-18-7-4-5-15(6-7)19(16,17)9-3-2-8(12)11(14)10(9)13/h2-3,7H,4-6,14H2,1H3. The molecule has 1 aliphatic heterocycles. The fraction of sp³-hybridized carbons (Fsp3) is 0.455. The summed E-state index contributed by atoms with van der Waals surface area (Å²) in [6, 6.07) is 2.80. The molecule has 8 heteroatoms. The van der Waals surface area contributed by atoms with Crippen molar-refractivity contribution in [2.24, 2.45) is 0 Å². The third-order valence-corrected chi connectivity index (χ3v) is 5.91. The molecule has 2 rings (SSSR count). The van der Waals surface area contributed by atoms with Crippen LogP contribution in [-0.2, 0) is 14.8 Å². The van der Waals surface area contributed by atoms with Gasteiger partial charge in [-0.1, -0.05) is 23.2 Å². The second-order valence-corrected chi connectivity index (χ2v) is 6.97. The van der Waals surface area contributed by atoms with Gasteiger partial charge in [0.25, 0.3) is 0 Å². The molecule has 0 saturated carbocycles. The first kappa shape index (κ1) is 14.9. The number of nitrogens with zero attached hydrogens (tertiary/aromatic N) is 1. The van der Waals surface area contributed by atoms with Crippen molar-refractivity contribution in [1.82, 2.24) is 4.31 Å². The van der Waals surface area contributed by atoms with E-state index in [-0.39, 0.29) is 26.7 Å². The highest BCUT2D eigenvalue weighted by Crippen LogP contribution is 2.35. The Balaban J connectivity index is 2.38. The van der Waals surface area contributed by atoms with E-state index in [1.165, 1.54) is 16.4 Å². The number of halogens is 2. The minimum absolute atomic E-state index is 0.0205. The van der Waals surface area contributed by atoms with E-state index in [2.05, 4.69) is 0 Å². The molecule has 5 nitrogen and oxygen atoms in total. The van der Waals surface area contributed by atoms with Crippen LogP contribution in [0.4, 0.5) is 5.69 Å². The lowest BCUT2D eigenvalue weighted by molar-refractivity contribution is 0.115. The number of ether oxygens (including phenoxy) is 1. The summed E-state index contributed by atoms with van der Waals surface area (Å²) in [5.74, 6) is 0. The van der Waals surface area contributed by atoms with Gasteiger partial charge in [0, 0.05) is 20.2 Å². The summed E-state index contributed by atoms with van der Waals surface area (Å²) in [5.41, 5.74) is 5.74. The van der Waals surface area contributed by atoms with E-state index < -0.39 is 10.0 Å². The van der Waals surface area contributed by atoms with Crippen molar-refractivity contribution in [3.8, 4) is 0 Å². The average Bonchev–Trinajstić information content (AvgIpc) is 2.85. The summed E-state index contributed by atoms with van der Waals surface area (Å²) in [5, 5.41) is 0.202. The Bertz CT molecular complexity index is 592. The van der Waals surface area contributed by atoms with E-state index in [4.69, 9.17) is 33.7 Å². The molecule has 1 fully saturated rings. The normalized spacial score (nSPS) is 20.9. The summed E-state index contributed by atoms with van der Waals surface area (Å²) in [7, 11) is -2.11. The molecule has 0 aliphatic carbocycles. The van der Waals surface area contributed by atoms with Crippen LogP contribution in [0.15, 0.2) is 17.0 Å². The van der Waals surface area contributed by atoms with Crippen LogP contribution >= 0.6 is 23.2 Å². The Kier molecular flexibility index (Phi) is 4.27.